The summed E-state index contributed by atoms with van der Waals surface area (Å²) in [5.41, 5.74) is 0.974. The summed E-state index contributed by atoms with van der Waals surface area (Å²) in [5, 5.41) is 9.79. The molecular formula is C25H33FN4O4. The van der Waals surface area contributed by atoms with Crippen molar-refractivity contribution < 1.29 is 23.8 Å². The zero-order valence-electron chi connectivity index (χ0n) is 20.4. The van der Waals surface area contributed by atoms with Crippen LogP contribution in [0.3, 0.4) is 0 Å². The van der Waals surface area contributed by atoms with Crippen LogP contribution in [-0.2, 0) is 4.79 Å². The molecule has 1 N–H and O–H groups in total. The van der Waals surface area contributed by atoms with Gasteiger partial charge in [-0.25, -0.2) is 9.37 Å². The summed E-state index contributed by atoms with van der Waals surface area (Å²) in [4.78, 5) is 35.4. The molecule has 2 amide bonds. The molecular weight excluding hydrogens is 439 g/mol. The lowest BCUT2D eigenvalue weighted by atomic mass is 9.99. The SMILES string of the molecule is C[C@@H]1CN([C@@H](C)CO)C(=O)c2cc(-c3ccccc3F)cnc2O[C@H]1CN(C)C(=O)CN(C)C. The number of fused-ring (bicyclic) bond motifs is 1. The minimum atomic E-state index is -0.442. The van der Waals surface area contributed by atoms with E-state index in [9.17, 15) is 19.1 Å². The lowest BCUT2D eigenvalue weighted by Gasteiger charge is -2.37. The predicted molar refractivity (Wildman–Crippen MR) is 127 cm³/mol. The Kier molecular flexibility index (Phi) is 8.22. The van der Waals surface area contributed by atoms with Crippen LogP contribution >= 0.6 is 0 Å². The van der Waals surface area contributed by atoms with Gasteiger partial charge in [0.05, 0.1) is 25.7 Å². The van der Waals surface area contributed by atoms with Crippen molar-refractivity contribution in [1.29, 1.82) is 0 Å². The molecule has 0 spiro atoms. The summed E-state index contributed by atoms with van der Waals surface area (Å²) in [6.45, 7) is 4.40. The van der Waals surface area contributed by atoms with Crippen molar-refractivity contribution in [3.63, 3.8) is 0 Å². The van der Waals surface area contributed by atoms with Gasteiger partial charge in [-0.3, -0.25) is 9.59 Å². The number of halogens is 1. The molecule has 1 aromatic carbocycles. The average molecular weight is 473 g/mol. The lowest BCUT2D eigenvalue weighted by Crippen LogP contribution is -2.51. The molecule has 0 aliphatic carbocycles. The van der Waals surface area contributed by atoms with Crippen LogP contribution in [0.4, 0.5) is 4.39 Å². The Morgan fingerprint density at radius 1 is 1.29 bits per heavy atom. The summed E-state index contributed by atoms with van der Waals surface area (Å²) in [6.07, 6.45) is 1.04. The van der Waals surface area contributed by atoms with E-state index in [1.807, 2.05) is 21.0 Å². The van der Waals surface area contributed by atoms with Gasteiger partial charge in [0, 0.05) is 36.8 Å². The number of hydrogen-bond acceptors (Lipinski definition) is 6. The largest absolute Gasteiger partial charge is 0.472 e. The highest BCUT2D eigenvalue weighted by atomic mass is 19.1. The molecule has 8 nitrogen and oxygen atoms in total. The highest BCUT2D eigenvalue weighted by Crippen LogP contribution is 2.31. The molecule has 184 valence electrons. The first-order chi connectivity index (χ1) is 16.1. The molecule has 0 fully saturated rings. The number of carbonyl (C=O) groups is 2. The number of benzene rings is 1. The smallest absolute Gasteiger partial charge is 0.259 e. The van der Waals surface area contributed by atoms with E-state index < -0.39 is 18.0 Å². The molecule has 2 heterocycles. The number of aromatic nitrogens is 1. The van der Waals surface area contributed by atoms with Gasteiger partial charge in [0.15, 0.2) is 0 Å². The van der Waals surface area contributed by atoms with Crippen LogP contribution in [0.2, 0.25) is 0 Å². The topological polar surface area (TPSA) is 86.2 Å². The van der Waals surface area contributed by atoms with Crippen molar-refractivity contribution in [3.05, 3.63) is 47.9 Å². The van der Waals surface area contributed by atoms with Gasteiger partial charge in [-0.2, -0.15) is 0 Å². The Morgan fingerprint density at radius 3 is 2.65 bits per heavy atom. The third-order valence-electron chi connectivity index (χ3n) is 6.04. The Hall–Kier alpha value is -3.04. The van der Waals surface area contributed by atoms with Gasteiger partial charge in [0.2, 0.25) is 11.8 Å². The number of aliphatic hydroxyl groups is 1. The first kappa shape index (κ1) is 25.6. The maximum absolute atomic E-state index is 14.4. The number of nitrogens with zero attached hydrogens (tertiary/aromatic N) is 4. The summed E-state index contributed by atoms with van der Waals surface area (Å²) < 4.78 is 20.6. The highest BCUT2D eigenvalue weighted by molar-refractivity contribution is 5.98. The maximum Gasteiger partial charge on any atom is 0.259 e. The second-order valence-electron chi connectivity index (χ2n) is 9.19. The van der Waals surface area contributed by atoms with E-state index in [1.165, 1.54) is 12.3 Å². The Bertz CT molecular complexity index is 1030. The number of carbonyl (C=O) groups excluding carboxylic acids is 2. The molecule has 0 saturated heterocycles. The number of pyridine rings is 1. The van der Waals surface area contributed by atoms with E-state index in [2.05, 4.69) is 4.98 Å². The molecule has 3 rings (SSSR count). The van der Waals surface area contributed by atoms with Gasteiger partial charge in [0.25, 0.3) is 5.91 Å². The molecule has 9 heteroatoms. The summed E-state index contributed by atoms with van der Waals surface area (Å²) in [7, 11) is 5.37. The van der Waals surface area contributed by atoms with E-state index in [0.717, 1.165) is 0 Å². The molecule has 1 aliphatic heterocycles. The van der Waals surface area contributed by atoms with E-state index in [1.54, 1.807) is 52.9 Å². The fourth-order valence-corrected chi connectivity index (χ4v) is 3.93. The molecule has 34 heavy (non-hydrogen) atoms. The molecule has 0 unspecified atom stereocenters. The lowest BCUT2D eigenvalue weighted by molar-refractivity contribution is -0.132. The van der Waals surface area contributed by atoms with Crippen LogP contribution in [0.15, 0.2) is 36.5 Å². The minimum absolute atomic E-state index is 0.0531. The van der Waals surface area contributed by atoms with Crippen LogP contribution in [0.5, 0.6) is 5.88 Å². The van der Waals surface area contributed by atoms with E-state index in [-0.39, 0.29) is 42.3 Å². The normalized spacial score (nSPS) is 19.2. The quantitative estimate of drug-likeness (QED) is 0.665. The second-order valence-corrected chi connectivity index (χ2v) is 9.19. The summed E-state index contributed by atoms with van der Waals surface area (Å²) in [5.74, 6) is -0.831. The summed E-state index contributed by atoms with van der Waals surface area (Å²) in [6, 6.07) is 7.42. The third kappa shape index (κ3) is 5.71. The van der Waals surface area contributed by atoms with Crippen molar-refractivity contribution in [2.75, 3.05) is 47.4 Å². The second kappa shape index (κ2) is 10.9. The molecule has 0 saturated carbocycles. The maximum atomic E-state index is 14.4. The monoisotopic (exact) mass is 472 g/mol. The molecule has 1 aromatic heterocycles. The fraction of sp³-hybridized carbons (Fsp3) is 0.480. The van der Waals surface area contributed by atoms with Gasteiger partial charge < -0.3 is 24.5 Å². The van der Waals surface area contributed by atoms with Gasteiger partial charge in [-0.15, -0.1) is 0 Å². The van der Waals surface area contributed by atoms with Crippen LogP contribution in [-0.4, -0.2) is 96.1 Å². The first-order valence-electron chi connectivity index (χ1n) is 11.3. The Balaban J connectivity index is 2.00. The highest BCUT2D eigenvalue weighted by Gasteiger charge is 2.35. The third-order valence-corrected chi connectivity index (χ3v) is 6.04. The summed E-state index contributed by atoms with van der Waals surface area (Å²) >= 11 is 0. The van der Waals surface area contributed by atoms with Gasteiger partial charge in [-0.05, 0) is 33.2 Å². The minimum Gasteiger partial charge on any atom is -0.472 e. The molecule has 0 bridgehead atoms. The Labute approximate surface area is 199 Å². The fourth-order valence-electron chi connectivity index (χ4n) is 3.93. The number of aliphatic hydroxyl groups excluding tert-OH is 1. The van der Waals surface area contributed by atoms with Crippen LogP contribution in [0, 0.1) is 11.7 Å². The van der Waals surface area contributed by atoms with Gasteiger partial charge in [0.1, 0.15) is 17.5 Å². The van der Waals surface area contributed by atoms with Crippen molar-refractivity contribution in [3.8, 4) is 17.0 Å². The van der Waals surface area contributed by atoms with E-state index in [0.29, 0.717) is 24.2 Å². The first-order valence-corrected chi connectivity index (χ1v) is 11.3. The number of likely N-dealkylation sites (N-methyl/N-ethyl adjacent to an activating group) is 2. The molecule has 1 aliphatic rings. The predicted octanol–water partition coefficient (Wildman–Crippen LogP) is 2.13. The van der Waals surface area contributed by atoms with Crippen molar-refractivity contribution in [2.45, 2.75) is 26.0 Å². The van der Waals surface area contributed by atoms with Crippen molar-refractivity contribution in [2.24, 2.45) is 5.92 Å². The Morgan fingerprint density at radius 2 is 2.00 bits per heavy atom. The number of amides is 2. The number of ether oxygens (including phenoxy) is 1. The average Bonchev–Trinajstić information content (AvgIpc) is 2.80. The number of rotatable bonds is 7. The van der Waals surface area contributed by atoms with Crippen LogP contribution in [0.25, 0.3) is 11.1 Å². The van der Waals surface area contributed by atoms with Gasteiger partial charge >= 0.3 is 0 Å². The van der Waals surface area contributed by atoms with Crippen LogP contribution in [0.1, 0.15) is 24.2 Å². The standard InChI is InChI=1S/C25H33FN4O4/c1-16-12-30(17(2)15-31)25(33)20-10-18(19-8-6-7-9-21(19)26)11-27-24(20)34-22(16)13-29(5)23(32)14-28(3)4/h6-11,16-17,22,31H,12-15H2,1-5H3/t16-,17+,22+/m1/s1. The molecule has 3 atom stereocenters. The zero-order valence-corrected chi connectivity index (χ0v) is 20.4. The van der Waals surface area contributed by atoms with Gasteiger partial charge in [-0.1, -0.05) is 25.1 Å². The van der Waals surface area contributed by atoms with Crippen molar-refractivity contribution in [1.82, 2.24) is 19.7 Å². The van der Waals surface area contributed by atoms with Crippen LogP contribution < -0.4 is 4.74 Å². The van der Waals surface area contributed by atoms with E-state index >= 15 is 0 Å². The van der Waals surface area contributed by atoms with E-state index in [4.69, 9.17) is 4.74 Å². The molecule has 0 radical (unpaired) electrons. The van der Waals surface area contributed by atoms with Crippen molar-refractivity contribution >= 4 is 11.8 Å². The zero-order chi connectivity index (χ0) is 25.0. The number of hydrogen-bond donors (Lipinski definition) is 1. The molecule has 2 aromatic rings.